The van der Waals surface area contributed by atoms with Crippen LogP contribution in [0.5, 0.6) is 5.75 Å². The van der Waals surface area contributed by atoms with Crippen molar-refractivity contribution in [1.29, 1.82) is 0 Å². The van der Waals surface area contributed by atoms with Gasteiger partial charge in [0.15, 0.2) is 5.78 Å². The van der Waals surface area contributed by atoms with E-state index in [1.807, 2.05) is 32.9 Å². The third kappa shape index (κ3) is 1.73. The van der Waals surface area contributed by atoms with Crippen molar-refractivity contribution in [2.24, 2.45) is 5.41 Å². The Labute approximate surface area is 96.6 Å². The van der Waals surface area contributed by atoms with Gasteiger partial charge >= 0.3 is 0 Å². The van der Waals surface area contributed by atoms with Crippen LogP contribution in [0.25, 0.3) is 0 Å². The van der Waals surface area contributed by atoms with Gasteiger partial charge in [0.25, 0.3) is 0 Å². The summed E-state index contributed by atoms with van der Waals surface area (Å²) in [4.78, 5) is 12.3. The molecule has 0 amide bonds. The minimum atomic E-state index is -0.131. The topological polar surface area (TPSA) is 26.3 Å². The molecule has 0 N–H and O–H groups in total. The van der Waals surface area contributed by atoms with Crippen molar-refractivity contribution in [3.05, 3.63) is 28.8 Å². The first kappa shape index (κ1) is 11.2. The highest BCUT2D eigenvalue weighted by Gasteiger charge is 2.45. The first-order valence-corrected chi connectivity index (χ1v) is 5.68. The summed E-state index contributed by atoms with van der Waals surface area (Å²) in [6, 6.07) is 3.99. The molecule has 0 radical (unpaired) electrons. The van der Waals surface area contributed by atoms with Gasteiger partial charge in [-0.05, 0) is 43.9 Å². The molecule has 0 aliphatic heterocycles. The van der Waals surface area contributed by atoms with Crippen LogP contribution in [0.1, 0.15) is 41.3 Å². The Hall–Kier alpha value is -1.31. The molecule has 0 aromatic heterocycles. The lowest BCUT2D eigenvalue weighted by Gasteiger charge is -2.14. The molecule has 1 aromatic carbocycles. The molecule has 0 atom stereocenters. The zero-order valence-electron chi connectivity index (χ0n) is 10.4. The van der Waals surface area contributed by atoms with Crippen LogP contribution in [0.2, 0.25) is 0 Å². The van der Waals surface area contributed by atoms with E-state index >= 15 is 0 Å². The van der Waals surface area contributed by atoms with Gasteiger partial charge in [-0.2, -0.15) is 0 Å². The van der Waals surface area contributed by atoms with Gasteiger partial charge in [-0.25, -0.2) is 0 Å². The summed E-state index contributed by atoms with van der Waals surface area (Å²) in [6.07, 6.45) is 2.00. The lowest BCUT2D eigenvalue weighted by atomic mass is 9.93. The number of rotatable bonds is 3. The van der Waals surface area contributed by atoms with Crippen molar-refractivity contribution in [3.8, 4) is 5.75 Å². The largest absolute Gasteiger partial charge is 0.496 e. The Balaban J connectivity index is 2.50. The van der Waals surface area contributed by atoms with Crippen molar-refractivity contribution < 1.29 is 9.53 Å². The third-order valence-corrected chi connectivity index (χ3v) is 3.42. The van der Waals surface area contributed by atoms with Gasteiger partial charge in [-0.1, -0.05) is 13.0 Å². The summed E-state index contributed by atoms with van der Waals surface area (Å²) in [6.45, 7) is 6.03. The lowest BCUT2D eigenvalue weighted by Crippen LogP contribution is -2.14. The van der Waals surface area contributed by atoms with Crippen LogP contribution in [0.15, 0.2) is 12.1 Å². The van der Waals surface area contributed by atoms with Crippen LogP contribution >= 0.6 is 0 Å². The Kier molecular flexibility index (Phi) is 2.53. The van der Waals surface area contributed by atoms with Crippen LogP contribution in [0, 0.1) is 19.3 Å². The van der Waals surface area contributed by atoms with Gasteiger partial charge in [0, 0.05) is 5.41 Å². The van der Waals surface area contributed by atoms with Crippen LogP contribution in [0.3, 0.4) is 0 Å². The normalized spacial score (nSPS) is 17.0. The molecule has 1 fully saturated rings. The van der Waals surface area contributed by atoms with E-state index in [9.17, 15) is 4.79 Å². The molecule has 0 heterocycles. The van der Waals surface area contributed by atoms with E-state index in [0.717, 1.165) is 35.3 Å². The average molecular weight is 218 g/mol. The minimum absolute atomic E-state index is 0.131. The van der Waals surface area contributed by atoms with Gasteiger partial charge in [-0.3, -0.25) is 4.79 Å². The molecular formula is C14H18O2. The molecule has 2 nitrogen and oxygen atoms in total. The SMILES string of the molecule is COc1c(C)cc(C)cc1C(=O)C1(C)CC1. The van der Waals surface area contributed by atoms with E-state index in [-0.39, 0.29) is 11.2 Å². The number of hydrogen-bond donors (Lipinski definition) is 0. The van der Waals surface area contributed by atoms with Gasteiger partial charge in [-0.15, -0.1) is 0 Å². The Morgan fingerprint density at radius 2 is 1.94 bits per heavy atom. The number of carbonyl (C=O) groups excluding carboxylic acids is 1. The highest BCUT2D eigenvalue weighted by atomic mass is 16.5. The first-order valence-electron chi connectivity index (χ1n) is 5.68. The van der Waals surface area contributed by atoms with Gasteiger partial charge < -0.3 is 4.74 Å². The zero-order valence-corrected chi connectivity index (χ0v) is 10.4. The monoisotopic (exact) mass is 218 g/mol. The predicted octanol–water partition coefficient (Wildman–Crippen LogP) is 3.29. The molecule has 0 saturated heterocycles. The molecule has 1 saturated carbocycles. The van der Waals surface area contributed by atoms with Crippen LogP contribution in [0.4, 0.5) is 0 Å². The van der Waals surface area contributed by atoms with Crippen LogP contribution < -0.4 is 4.74 Å². The molecule has 1 aliphatic rings. The molecule has 86 valence electrons. The van der Waals surface area contributed by atoms with Crippen molar-refractivity contribution >= 4 is 5.78 Å². The molecule has 1 aromatic rings. The van der Waals surface area contributed by atoms with Crippen molar-refractivity contribution in [1.82, 2.24) is 0 Å². The number of hydrogen-bond acceptors (Lipinski definition) is 2. The predicted molar refractivity (Wildman–Crippen MR) is 64.1 cm³/mol. The maximum Gasteiger partial charge on any atom is 0.172 e. The smallest absolute Gasteiger partial charge is 0.172 e. The zero-order chi connectivity index (χ0) is 11.9. The van der Waals surface area contributed by atoms with E-state index in [2.05, 4.69) is 0 Å². The van der Waals surface area contributed by atoms with Crippen molar-refractivity contribution in [3.63, 3.8) is 0 Å². The third-order valence-electron chi connectivity index (χ3n) is 3.42. The van der Waals surface area contributed by atoms with Gasteiger partial charge in [0.2, 0.25) is 0 Å². The molecule has 1 aliphatic carbocycles. The highest BCUT2D eigenvalue weighted by molar-refractivity contribution is 6.04. The Morgan fingerprint density at radius 3 is 2.44 bits per heavy atom. The fourth-order valence-electron chi connectivity index (χ4n) is 2.13. The highest BCUT2D eigenvalue weighted by Crippen LogP contribution is 2.49. The lowest BCUT2D eigenvalue weighted by molar-refractivity contribution is 0.0909. The van der Waals surface area contributed by atoms with Crippen molar-refractivity contribution in [2.45, 2.75) is 33.6 Å². The van der Waals surface area contributed by atoms with E-state index < -0.39 is 0 Å². The standard InChI is InChI=1S/C14H18O2/c1-9-7-10(2)12(16-4)11(8-9)13(15)14(3)5-6-14/h7-8H,5-6H2,1-4H3. The summed E-state index contributed by atoms with van der Waals surface area (Å²) >= 11 is 0. The van der Waals surface area contributed by atoms with Crippen molar-refractivity contribution in [2.75, 3.05) is 7.11 Å². The summed E-state index contributed by atoms with van der Waals surface area (Å²) in [5.74, 6) is 0.972. The first-order chi connectivity index (χ1) is 7.48. The molecule has 2 rings (SSSR count). The maximum atomic E-state index is 12.3. The number of Topliss-reactive ketones (excluding diaryl/α,β-unsaturated/α-hetero) is 1. The molecule has 2 heteroatoms. The molecule has 0 unspecified atom stereocenters. The minimum Gasteiger partial charge on any atom is -0.496 e. The number of benzene rings is 1. The number of ether oxygens (including phenoxy) is 1. The summed E-state index contributed by atoms with van der Waals surface area (Å²) in [7, 11) is 1.63. The van der Waals surface area contributed by atoms with Crippen LogP contribution in [-0.2, 0) is 0 Å². The number of methoxy groups -OCH3 is 1. The number of carbonyl (C=O) groups is 1. The maximum absolute atomic E-state index is 12.3. The van der Waals surface area contributed by atoms with E-state index in [4.69, 9.17) is 4.74 Å². The average Bonchev–Trinajstić information content (AvgIpc) is 2.95. The number of ketones is 1. The number of aryl methyl sites for hydroxylation is 2. The van der Waals surface area contributed by atoms with E-state index in [1.165, 1.54) is 0 Å². The van der Waals surface area contributed by atoms with E-state index in [0.29, 0.717) is 0 Å². The second-order valence-corrected chi connectivity index (χ2v) is 5.05. The van der Waals surface area contributed by atoms with Crippen LogP contribution in [-0.4, -0.2) is 12.9 Å². The quantitative estimate of drug-likeness (QED) is 0.728. The Bertz CT molecular complexity index is 442. The second kappa shape index (κ2) is 3.62. The summed E-state index contributed by atoms with van der Waals surface area (Å²) in [5.41, 5.74) is 2.77. The molecule has 0 spiro atoms. The van der Waals surface area contributed by atoms with Gasteiger partial charge in [0.1, 0.15) is 5.75 Å². The summed E-state index contributed by atoms with van der Waals surface area (Å²) < 4.78 is 5.35. The fourth-order valence-corrected chi connectivity index (χ4v) is 2.13. The Morgan fingerprint density at radius 1 is 1.31 bits per heavy atom. The second-order valence-electron chi connectivity index (χ2n) is 5.05. The van der Waals surface area contributed by atoms with E-state index in [1.54, 1.807) is 7.11 Å². The summed E-state index contributed by atoms with van der Waals surface area (Å²) in [5, 5.41) is 0. The molecular weight excluding hydrogens is 200 g/mol. The van der Waals surface area contributed by atoms with Gasteiger partial charge in [0.05, 0.1) is 12.7 Å². The molecule has 0 bridgehead atoms. The fraction of sp³-hybridized carbons (Fsp3) is 0.500. The molecule has 16 heavy (non-hydrogen) atoms.